The standard InChI is InChI=1S/C19H23FN4O/c1-25-18-9-13(4-6-16(18)20)10-24-11-14-5-7-17(15(14)12-24)22-19-3-2-8-21-23-19/h2-4,6,8-9,14-15,17H,5,7,10-12H2,1H3,(H,22,23)/t14-,15+,17-/m1/s1. The molecule has 2 fully saturated rings. The molecule has 4 rings (SSSR count). The van der Waals surface area contributed by atoms with Crippen LogP contribution in [0.25, 0.3) is 0 Å². The summed E-state index contributed by atoms with van der Waals surface area (Å²) in [7, 11) is 1.51. The van der Waals surface area contributed by atoms with Crippen molar-refractivity contribution >= 4 is 5.82 Å². The SMILES string of the molecule is COc1cc(CN2C[C@H]3CC[C@@H](Nc4cccnn4)[C@H]3C2)ccc1F. The smallest absolute Gasteiger partial charge is 0.165 e. The number of fused-ring (bicyclic) bond motifs is 1. The van der Waals surface area contributed by atoms with Crippen LogP contribution in [0.4, 0.5) is 10.2 Å². The number of nitrogens with zero attached hydrogens (tertiary/aromatic N) is 3. The van der Waals surface area contributed by atoms with Crippen LogP contribution in [-0.2, 0) is 6.54 Å². The molecule has 1 aliphatic heterocycles. The van der Waals surface area contributed by atoms with E-state index in [4.69, 9.17) is 4.74 Å². The summed E-state index contributed by atoms with van der Waals surface area (Å²) in [5, 5.41) is 11.6. The Balaban J connectivity index is 1.39. The van der Waals surface area contributed by atoms with E-state index in [0.29, 0.717) is 17.7 Å². The molecule has 0 radical (unpaired) electrons. The van der Waals surface area contributed by atoms with Crippen LogP contribution in [0.3, 0.4) is 0 Å². The summed E-state index contributed by atoms with van der Waals surface area (Å²) in [4.78, 5) is 2.46. The molecule has 1 N–H and O–H groups in total. The number of rotatable bonds is 5. The van der Waals surface area contributed by atoms with Gasteiger partial charge in [0, 0.05) is 31.9 Å². The molecule has 2 aliphatic rings. The Morgan fingerprint density at radius 2 is 2.20 bits per heavy atom. The average molecular weight is 342 g/mol. The predicted octanol–water partition coefficient (Wildman–Crippen LogP) is 2.95. The molecule has 0 bridgehead atoms. The van der Waals surface area contributed by atoms with E-state index >= 15 is 0 Å². The van der Waals surface area contributed by atoms with Gasteiger partial charge in [0.05, 0.1) is 7.11 Å². The summed E-state index contributed by atoms with van der Waals surface area (Å²) in [6.07, 6.45) is 4.12. The van der Waals surface area contributed by atoms with Gasteiger partial charge in [-0.3, -0.25) is 4.90 Å². The maximum Gasteiger partial charge on any atom is 0.165 e. The van der Waals surface area contributed by atoms with Gasteiger partial charge in [-0.1, -0.05) is 6.07 Å². The number of halogens is 1. The molecule has 0 spiro atoms. The number of nitrogens with one attached hydrogen (secondary N) is 1. The van der Waals surface area contributed by atoms with E-state index < -0.39 is 0 Å². The van der Waals surface area contributed by atoms with E-state index in [1.165, 1.54) is 26.0 Å². The average Bonchev–Trinajstić information content (AvgIpc) is 3.19. The van der Waals surface area contributed by atoms with Crippen LogP contribution in [0.2, 0.25) is 0 Å². The number of likely N-dealkylation sites (tertiary alicyclic amines) is 1. The van der Waals surface area contributed by atoms with E-state index in [9.17, 15) is 4.39 Å². The van der Waals surface area contributed by atoms with Crippen molar-refractivity contribution < 1.29 is 9.13 Å². The lowest BCUT2D eigenvalue weighted by atomic mass is 9.98. The molecule has 2 aromatic rings. The van der Waals surface area contributed by atoms with Gasteiger partial charge in [0.2, 0.25) is 0 Å². The summed E-state index contributed by atoms with van der Waals surface area (Å²) in [6, 6.07) is 9.47. The molecule has 1 aromatic heterocycles. The first-order chi connectivity index (χ1) is 12.2. The third kappa shape index (κ3) is 3.44. The summed E-state index contributed by atoms with van der Waals surface area (Å²) in [5.41, 5.74) is 1.09. The van der Waals surface area contributed by atoms with Gasteiger partial charge in [-0.05, 0) is 54.5 Å². The molecule has 0 amide bonds. The van der Waals surface area contributed by atoms with Crippen molar-refractivity contribution in [3.63, 3.8) is 0 Å². The first-order valence-electron chi connectivity index (χ1n) is 8.82. The second-order valence-corrected chi connectivity index (χ2v) is 7.02. The molecule has 6 heteroatoms. The lowest BCUT2D eigenvalue weighted by Crippen LogP contribution is -2.30. The lowest BCUT2D eigenvalue weighted by molar-refractivity contribution is 0.299. The molecule has 25 heavy (non-hydrogen) atoms. The maximum absolute atomic E-state index is 13.6. The Kier molecular flexibility index (Phi) is 4.53. The Labute approximate surface area is 147 Å². The van der Waals surface area contributed by atoms with E-state index in [1.54, 1.807) is 12.3 Å². The number of hydrogen-bond acceptors (Lipinski definition) is 5. The fraction of sp³-hybridized carbons (Fsp3) is 0.474. The molecule has 2 heterocycles. The topological polar surface area (TPSA) is 50.3 Å². The van der Waals surface area contributed by atoms with Crippen molar-refractivity contribution in [2.45, 2.75) is 25.4 Å². The predicted molar refractivity (Wildman–Crippen MR) is 93.9 cm³/mol. The lowest BCUT2D eigenvalue weighted by Gasteiger charge is -2.22. The number of aromatic nitrogens is 2. The number of anilines is 1. The fourth-order valence-corrected chi connectivity index (χ4v) is 4.30. The van der Waals surface area contributed by atoms with Crippen LogP contribution in [0.5, 0.6) is 5.75 Å². The monoisotopic (exact) mass is 342 g/mol. The molecule has 1 saturated heterocycles. The molecule has 1 aromatic carbocycles. The van der Waals surface area contributed by atoms with Crippen molar-refractivity contribution in [3.8, 4) is 5.75 Å². The van der Waals surface area contributed by atoms with Crippen LogP contribution in [0, 0.1) is 17.7 Å². The third-order valence-corrected chi connectivity index (χ3v) is 5.46. The third-order valence-electron chi connectivity index (χ3n) is 5.46. The van der Waals surface area contributed by atoms with E-state index in [2.05, 4.69) is 20.4 Å². The summed E-state index contributed by atoms with van der Waals surface area (Å²) >= 11 is 0. The van der Waals surface area contributed by atoms with Gasteiger partial charge >= 0.3 is 0 Å². The van der Waals surface area contributed by atoms with Crippen molar-refractivity contribution in [2.24, 2.45) is 11.8 Å². The molecule has 132 valence electrons. The van der Waals surface area contributed by atoms with Gasteiger partial charge in [0.25, 0.3) is 0 Å². The van der Waals surface area contributed by atoms with Crippen molar-refractivity contribution in [2.75, 3.05) is 25.5 Å². The van der Waals surface area contributed by atoms with E-state index in [1.807, 2.05) is 18.2 Å². The van der Waals surface area contributed by atoms with Gasteiger partial charge in [-0.15, -0.1) is 5.10 Å². The molecule has 0 unspecified atom stereocenters. The summed E-state index contributed by atoms with van der Waals surface area (Å²) in [6.45, 7) is 2.99. The minimum atomic E-state index is -0.308. The molecular formula is C19H23FN4O. The number of methoxy groups -OCH3 is 1. The summed E-state index contributed by atoms with van der Waals surface area (Å²) < 4.78 is 18.7. The highest BCUT2D eigenvalue weighted by Crippen LogP contribution is 2.40. The Morgan fingerprint density at radius 3 is 3.00 bits per heavy atom. The molecule has 1 aliphatic carbocycles. The highest BCUT2D eigenvalue weighted by Gasteiger charge is 2.42. The minimum absolute atomic E-state index is 0.308. The van der Waals surface area contributed by atoms with Crippen molar-refractivity contribution in [1.29, 1.82) is 0 Å². The molecular weight excluding hydrogens is 319 g/mol. The van der Waals surface area contributed by atoms with E-state index in [0.717, 1.165) is 36.9 Å². The van der Waals surface area contributed by atoms with Crippen LogP contribution < -0.4 is 10.1 Å². The quantitative estimate of drug-likeness (QED) is 0.905. The van der Waals surface area contributed by atoms with E-state index in [-0.39, 0.29) is 5.82 Å². The summed E-state index contributed by atoms with van der Waals surface area (Å²) in [5.74, 6) is 2.22. The number of hydrogen-bond donors (Lipinski definition) is 1. The van der Waals surface area contributed by atoms with Crippen LogP contribution >= 0.6 is 0 Å². The number of benzene rings is 1. The molecule has 3 atom stereocenters. The maximum atomic E-state index is 13.6. The first-order valence-corrected chi connectivity index (χ1v) is 8.82. The zero-order valence-electron chi connectivity index (χ0n) is 14.4. The van der Waals surface area contributed by atoms with Gasteiger partial charge in [0.1, 0.15) is 5.82 Å². The normalized spacial score (nSPS) is 25.8. The zero-order chi connectivity index (χ0) is 17.2. The van der Waals surface area contributed by atoms with Gasteiger partial charge in [0.15, 0.2) is 11.6 Å². The van der Waals surface area contributed by atoms with Crippen LogP contribution in [0.1, 0.15) is 18.4 Å². The Bertz CT molecular complexity index is 727. The van der Waals surface area contributed by atoms with Gasteiger partial charge in [-0.2, -0.15) is 5.10 Å². The highest BCUT2D eigenvalue weighted by molar-refractivity contribution is 5.34. The van der Waals surface area contributed by atoms with Crippen molar-refractivity contribution in [3.05, 3.63) is 47.9 Å². The fourth-order valence-electron chi connectivity index (χ4n) is 4.30. The van der Waals surface area contributed by atoms with Gasteiger partial charge in [-0.25, -0.2) is 4.39 Å². The minimum Gasteiger partial charge on any atom is -0.494 e. The molecule has 1 saturated carbocycles. The largest absolute Gasteiger partial charge is 0.494 e. The van der Waals surface area contributed by atoms with Crippen LogP contribution in [-0.4, -0.2) is 41.3 Å². The zero-order valence-corrected chi connectivity index (χ0v) is 14.4. The van der Waals surface area contributed by atoms with Gasteiger partial charge < -0.3 is 10.1 Å². The highest BCUT2D eigenvalue weighted by atomic mass is 19.1. The Morgan fingerprint density at radius 1 is 1.28 bits per heavy atom. The second kappa shape index (κ2) is 6.96. The molecule has 5 nitrogen and oxygen atoms in total. The Hall–Kier alpha value is -2.21. The van der Waals surface area contributed by atoms with Crippen molar-refractivity contribution in [1.82, 2.24) is 15.1 Å². The second-order valence-electron chi connectivity index (χ2n) is 7.02. The van der Waals surface area contributed by atoms with Crippen LogP contribution in [0.15, 0.2) is 36.5 Å². The number of ether oxygens (including phenoxy) is 1. The first kappa shape index (κ1) is 16.3.